The fourth-order valence-corrected chi connectivity index (χ4v) is 11.2. The standard InChI is InChI=1S/C67H48N2/c1-67(2)61-27-14-13-25-59(61)60-42-41-55(44-62(60)67)68(54-39-34-49(35-40-54)57-26-15-20-47-16-9-11-23-56(47)57)53-37-32-46(33-38-53)45-28-30-50(31-29-45)64-65-58-24-12-10-17-48(58)36-43-63(65)69(52-21-7-4-8-22-52)66(64)51-18-5-3-6-19-51/h3-44H,1-2H3. The molecule has 0 aliphatic heterocycles. The van der Waals surface area contributed by atoms with E-state index < -0.39 is 0 Å². The van der Waals surface area contributed by atoms with Gasteiger partial charge in [0.2, 0.25) is 0 Å². The van der Waals surface area contributed by atoms with Gasteiger partial charge in [-0.2, -0.15) is 0 Å². The van der Waals surface area contributed by atoms with Gasteiger partial charge in [-0.3, -0.25) is 0 Å². The molecule has 12 aromatic rings. The Morgan fingerprint density at radius 1 is 0.348 bits per heavy atom. The molecule has 0 saturated carbocycles. The lowest BCUT2D eigenvalue weighted by Gasteiger charge is -2.28. The van der Waals surface area contributed by atoms with Crippen molar-refractivity contribution in [2.45, 2.75) is 19.3 Å². The Morgan fingerprint density at radius 2 is 0.870 bits per heavy atom. The first-order valence-electron chi connectivity index (χ1n) is 24.0. The van der Waals surface area contributed by atoms with E-state index in [0.29, 0.717) is 0 Å². The van der Waals surface area contributed by atoms with Gasteiger partial charge in [0, 0.05) is 39.1 Å². The summed E-state index contributed by atoms with van der Waals surface area (Å²) >= 11 is 0. The number of fused-ring (bicyclic) bond motifs is 7. The lowest BCUT2D eigenvalue weighted by molar-refractivity contribution is 0.660. The second-order valence-corrected chi connectivity index (χ2v) is 18.9. The fraction of sp³-hybridized carbons (Fsp3) is 0.0448. The van der Waals surface area contributed by atoms with Crippen molar-refractivity contribution in [3.63, 3.8) is 0 Å². The summed E-state index contributed by atoms with van der Waals surface area (Å²) in [6, 6.07) is 93.6. The summed E-state index contributed by atoms with van der Waals surface area (Å²) in [5.74, 6) is 0. The predicted molar refractivity (Wildman–Crippen MR) is 292 cm³/mol. The van der Waals surface area contributed by atoms with Crippen LogP contribution in [0.1, 0.15) is 25.0 Å². The Hall–Kier alpha value is -8.72. The molecule has 0 unspecified atom stereocenters. The Morgan fingerprint density at radius 3 is 1.59 bits per heavy atom. The number of hydrogen-bond acceptors (Lipinski definition) is 1. The van der Waals surface area contributed by atoms with Crippen LogP contribution in [0.15, 0.2) is 255 Å². The number of hydrogen-bond donors (Lipinski definition) is 0. The molecular weight excluding hydrogens is 833 g/mol. The molecular formula is C67H48N2. The third-order valence-corrected chi connectivity index (χ3v) is 14.6. The van der Waals surface area contributed by atoms with Crippen molar-refractivity contribution in [3.05, 3.63) is 266 Å². The minimum atomic E-state index is -0.118. The highest BCUT2D eigenvalue weighted by Gasteiger charge is 2.36. The minimum Gasteiger partial charge on any atom is -0.310 e. The molecule has 69 heavy (non-hydrogen) atoms. The lowest BCUT2D eigenvalue weighted by atomic mass is 9.82. The maximum Gasteiger partial charge on any atom is 0.0619 e. The number of nitrogens with zero attached hydrogens (tertiary/aromatic N) is 2. The average Bonchev–Trinajstić information content (AvgIpc) is 3.88. The normalized spacial score (nSPS) is 12.6. The summed E-state index contributed by atoms with van der Waals surface area (Å²) in [6.07, 6.45) is 0. The highest BCUT2D eigenvalue weighted by atomic mass is 15.1. The molecule has 11 aromatic carbocycles. The zero-order valence-electron chi connectivity index (χ0n) is 38.6. The lowest BCUT2D eigenvalue weighted by Crippen LogP contribution is -2.16. The summed E-state index contributed by atoms with van der Waals surface area (Å²) in [5, 5.41) is 6.25. The maximum atomic E-state index is 2.45. The van der Waals surface area contributed by atoms with E-state index in [-0.39, 0.29) is 5.41 Å². The van der Waals surface area contributed by atoms with Crippen LogP contribution in [0.25, 0.3) is 93.9 Å². The molecule has 0 bridgehead atoms. The molecule has 2 heteroatoms. The van der Waals surface area contributed by atoms with E-state index in [4.69, 9.17) is 0 Å². The van der Waals surface area contributed by atoms with Gasteiger partial charge >= 0.3 is 0 Å². The Balaban J connectivity index is 0.910. The molecule has 0 amide bonds. The van der Waals surface area contributed by atoms with E-state index >= 15 is 0 Å². The molecule has 1 aliphatic carbocycles. The molecule has 326 valence electrons. The zero-order chi connectivity index (χ0) is 46.1. The molecule has 2 nitrogen and oxygen atoms in total. The van der Waals surface area contributed by atoms with Crippen molar-refractivity contribution in [2.24, 2.45) is 0 Å². The van der Waals surface area contributed by atoms with Gasteiger partial charge in [-0.15, -0.1) is 0 Å². The molecule has 0 atom stereocenters. The van der Waals surface area contributed by atoms with Gasteiger partial charge in [0.05, 0.1) is 11.2 Å². The minimum absolute atomic E-state index is 0.118. The van der Waals surface area contributed by atoms with E-state index in [2.05, 4.69) is 278 Å². The van der Waals surface area contributed by atoms with Crippen LogP contribution in [-0.2, 0) is 5.41 Å². The van der Waals surface area contributed by atoms with Gasteiger partial charge in [-0.05, 0) is 132 Å². The first-order valence-corrected chi connectivity index (χ1v) is 24.0. The largest absolute Gasteiger partial charge is 0.310 e. The van der Waals surface area contributed by atoms with Crippen LogP contribution < -0.4 is 4.90 Å². The monoisotopic (exact) mass is 880 g/mol. The predicted octanol–water partition coefficient (Wildman–Crippen LogP) is 18.4. The van der Waals surface area contributed by atoms with E-state index in [0.717, 1.165) is 22.7 Å². The van der Waals surface area contributed by atoms with Crippen molar-refractivity contribution in [3.8, 4) is 61.5 Å². The number of anilines is 3. The van der Waals surface area contributed by atoms with Crippen molar-refractivity contribution in [1.82, 2.24) is 4.57 Å². The molecule has 0 fully saturated rings. The maximum absolute atomic E-state index is 2.45. The van der Waals surface area contributed by atoms with E-state index in [9.17, 15) is 0 Å². The smallest absolute Gasteiger partial charge is 0.0619 e. The van der Waals surface area contributed by atoms with Crippen LogP contribution >= 0.6 is 0 Å². The summed E-state index contributed by atoms with van der Waals surface area (Å²) in [4.78, 5) is 2.41. The second-order valence-electron chi connectivity index (χ2n) is 18.9. The van der Waals surface area contributed by atoms with E-state index in [1.807, 2.05) is 0 Å². The molecule has 1 heterocycles. The van der Waals surface area contributed by atoms with E-state index in [1.54, 1.807) is 0 Å². The topological polar surface area (TPSA) is 8.17 Å². The van der Waals surface area contributed by atoms with Crippen LogP contribution in [0.5, 0.6) is 0 Å². The summed E-state index contributed by atoms with van der Waals surface area (Å²) in [7, 11) is 0. The number of para-hydroxylation sites is 1. The first kappa shape index (κ1) is 40.5. The average molecular weight is 881 g/mol. The number of aromatic nitrogens is 1. The molecule has 1 aromatic heterocycles. The summed E-state index contributed by atoms with van der Waals surface area (Å²) in [6.45, 7) is 4.72. The Bertz CT molecular complexity index is 3880. The zero-order valence-corrected chi connectivity index (χ0v) is 38.6. The van der Waals surface area contributed by atoms with Crippen molar-refractivity contribution in [1.29, 1.82) is 0 Å². The van der Waals surface area contributed by atoms with Crippen LogP contribution in [0, 0.1) is 0 Å². The Kier molecular flexibility index (Phi) is 9.55. The number of rotatable bonds is 8. The molecule has 0 N–H and O–H groups in total. The summed E-state index contributed by atoms with van der Waals surface area (Å²) in [5.41, 5.74) is 20.5. The SMILES string of the molecule is CC1(C)c2ccccc2-c2ccc(N(c3ccc(-c4ccc(-c5c(-c6ccccc6)n(-c6ccccc6)c6ccc7ccccc7c56)cc4)cc3)c3ccc(-c4cccc5ccccc45)cc3)cc21. The van der Waals surface area contributed by atoms with Crippen molar-refractivity contribution >= 4 is 49.5 Å². The van der Waals surface area contributed by atoms with Crippen molar-refractivity contribution < 1.29 is 0 Å². The molecule has 0 spiro atoms. The van der Waals surface area contributed by atoms with Gasteiger partial charge in [0.1, 0.15) is 0 Å². The van der Waals surface area contributed by atoms with Gasteiger partial charge in [0.25, 0.3) is 0 Å². The third kappa shape index (κ3) is 6.71. The number of benzene rings is 11. The van der Waals surface area contributed by atoms with Crippen LogP contribution in [0.4, 0.5) is 17.1 Å². The van der Waals surface area contributed by atoms with Gasteiger partial charge < -0.3 is 9.47 Å². The van der Waals surface area contributed by atoms with Crippen LogP contribution in [0.3, 0.4) is 0 Å². The third-order valence-electron chi connectivity index (χ3n) is 14.6. The highest BCUT2D eigenvalue weighted by molar-refractivity contribution is 6.18. The van der Waals surface area contributed by atoms with Crippen LogP contribution in [0.2, 0.25) is 0 Å². The van der Waals surface area contributed by atoms with Crippen LogP contribution in [-0.4, -0.2) is 4.57 Å². The van der Waals surface area contributed by atoms with Gasteiger partial charge in [0.15, 0.2) is 0 Å². The Labute approximate surface area is 403 Å². The molecule has 13 rings (SSSR count). The summed E-state index contributed by atoms with van der Waals surface area (Å²) < 4.78 is 2.45. The highest BCUT2D eigenvalue weighted by Crippen LogP contribution is 2.51. The molecule has 0 saturated heterocycles. The van der Waals surface area contributed by atoms with Gasteiger partial charge in [-0.1, -0.05) is 214 Å². The van der Waals surface area contributed by atoms with E-state index in [1.165, 1.54) is 99.3 Å². The first-order chi connectivity index (χ1) is 34.0. The quantitative estimate of drug-likeness (QED) is 0.148. The molecule has 1 aliphatic rings. The fourth-order valence-electron chi connectivity index (χ4n) is 11.2. The second kappa shape index (κ2) is 16.3. The van der Waals surface area contributed by atoms with Gasteiger partial charge in [-0.25, -0.2) is 0 Å². The van der Waals surface area contributed by atoms with Crippen molar-refractivity contribution in [2.75, 3.05) is 4.90 Å². The molecule has 0 radical (unpaired) electrons.